The molecule has 2 aromatic carbocycles. The van der Waals surface area contributed by atoms with Crippen molar-refractivity contribution in [3.63, 3.8) is 0 Å². The minimum atomic E-state index is -1.24. The maximum Gasteiger partial charge on any atom is 0.326 e. The molecule has 2 aromatic rings. The molecule has 10 nitrogen and oxygen atoms in total. The molecular formula is C26H34N4O6. The van der Waals surface area contributed by atoms with Crippen LogP contribution in [0.15, 0.2) is 54.6 Å². The molecule has 0 saturated carbocycles. The van der Waals surface area contributed by atoms with Gasteiger partial charge in [0.2, 0.25) is 17.7 Å². The summed E-state index contributed by atoms with van der Waals surface area (Å²) in [4.78, 5) is 49.6. The van der Waals surface area contributed by atoms with Gasteiger partial charge in [0.1, 0.15) is 17.8 Å². The Hall–Kier alpha value is -3.92. The quantitative estimate of drug-likeness (QED) is 0.236. The second kappa shape index (κ2) is 13.8. The molecule has 7 N–H and O–H groups in total. The molecule has 10 heteroatoms. The van der Waals surface area contributed by atoms with E-state index in [4.69, 9.17) is 5.73 Å². The van der Waals surface area contributed by atoms with Gasteiger partial charge in [-0.2, -0.15) is 0 Å². The fourth-order valence-electron chi connectivity index (χ4n) is 3.44. The first-order chi connectivity index (χ1) is 17.1. The van der Waals surface area contributed by atoms with E-state index in [9.17, 15) is 29.4 Å². The van der Waals surface area contributed by atoms with E-state index < -0.39 is 48.4 Å². The number of carbonyl (C=O) groups is 4. The molecule has 0 saturated heterocycles. The summed E-state index contributed by atoms with van der Waals surface area (Å²) in [6.45, 7) is 3.28. The lowest BCUT2D eigenvalue weighted by molar-refractivity contribution is -0.141. The number of carboxylic acid groups (broad SMARTS) is 1. The molecule has 0 aliphatic heterocycles. The molecule has 0 aliphatic rings. The molecule has 36 heavy (non-hydrogen) atoms. The van der Waals surface area contributed by atoms with Crippen LogP contribution in [-0.4, -0.2) is 58.6 Å². The summed E-state index contributed by atoms with van der Waals surface area (Å²) in [7, 11) is 0. The Labute approximate surface area is 210 Å². The van der Waals surface area contributed by atoms with Gasteiger partial charge in [-0.1, -0.05) is 62.7 Å². The molecule has 194 valence electrons. The third-order valence-corrected chi connectivity index (χ3v) is 5.91. The van der Waals surface area contributed by atoms with E-state index >= 15 is 0 Å². The molecule has 0 bridgehead atoms. The molecule has 0 fully saturated rings. The number of phenols is 1. The van der Waals surface area contributed by atoms with Gasteiger partial charge in [-0.15, -0.1) is 0 Å². The highest BCUT2D eigenvalue weighted by Crippen LogP contribution is 2.12. The summed E-state index contributed by atoms with van der Waals surface area (Å²) in [5.41, 5.74) is 7.42. The molecular weight excluding hydrogens is 464 g/mol. The molecule has 3 amide bonds. The highest BCUT2D eigenvalue weighted by molar-refractivity contribution is 5.92. The number of hydrogen-bond acceptors (Lipinski definition) is 6. The molecule has 0 aromatic heterocycles. The maximum absolute atomic E-state index is 12.9. The number of aliphatic carboxylic acids is 1. The maximum atomic E-state index is 12.9. The minimum absolute atomic E-state index is 0.00447. The minimum Gasteiger partial charge on any atom is -0.508 e. The van der Waals surface area contributed by atoms with Crippen molar-refractivity contribution in [3.8, 4) is 5.75 Å². The van der Waals surface area contributed by atoms with Gasteiger partial charge in [0.25, 0.3) is 0 Å². The Morgan fingerprint density at radius 1 is 0.861 bits per heavy atom. The Kier molecular flexibility index (Phi) is 10.9. The summed E-state index contributed by atoms with van der Waals surface area (Å²) in [5, 5.41) is 26.4. The lowest BCUT2D eigenvalue weighted by atomic mass is 9.98. The van der Waals surface area contributed by atoms with Crippen LogP contribution in [-0.2, 0) is 32.0 Å². The Morgan fingerprint density at radius 3 is 2.03 bits per heavy atom. The molecule has 0 aliphatic carbocycles. The number of nitrogens with two attached hydrogens (primary N) is 1. The first-order valence-electron chi connectivity index (χ1n) is 11.8. The molecule has 0 radical (unpaired) electrons. The van der Waals surface area contributed by atoms with Gasteiger partial charge in [-0.3, -0.25) is 14.4 Å². The number of hydrogen-bond donors (Lipinski definition) is 6. The Balaban J connectivity index is 2.01. The van der Waals surface area contributed by atoms with Gasteiger partial charge in [-0.05, 0) is 29.2 Å². The van der Waals surface area contributed by atoms with Crippen LogP contribution in [0.25, 0.3) is 0 Å². The summed E-state index contributed by atoms with van der Waals surface area (Å²) >= 11 is 0. The highest BCUT2D eigenvalue weighted by atomic mass is 16.4. The monoisotopic (exact) mass is 498 g/mol. The first kappa shape index (κ1) is 28.3. The van der Waals surface area contributed by atoms with E-state index in [2.05, 4.69) is 16.0 Å². The molecule has 0 heterocycles. The smallest absolute Gasteiger partial charge is 0.326 e. The average molecular weight is 499 g/mol. The predicted octanol–water partition coefficient (Wildman–Crippen LogP) is 0.721. The van der Waals surface area contributed by atoms with Crippen molar-refractivity contribution in [2.75, 3.05) is 6.54 Å². The van der Waals surface area contributed by atoms with Gasteiger partial charge in [-0.25, -0.2) is 4.79 Å². The average Bonchev–Trinajstić information content (AvgIpc) is 2.87. The lowest BCUT2D eigenvalue weighted by Crippen LogP contribution is -2.55. The van der Waals surface area contributed by atoms with Crippen LogP contribution in [0.5, 0.6) is 5.75 Å². The van der Waals surface area contributed by atoms with E-state index in [0.29, 0.717) is 12.0 Å². The lowest BCUT2D eigenvalue weighted by Gasteiger charge is -2.23. The van der Waals surface area contributed by atoms with Crippen LogP contribution in [0, 0.1) is 5.92 Å². The summed E-state index contributed by atoms with van der Waals surface area (Å²) in [5.74, 6) is -3.04. The van der Waals surface area contributed by atoms with E-state index in [1.165, 1.54) is 12.1 Å². The van der Waals surface area contributed by atoms with Crippen molar-refractivity contribution in [2.45, 2.75) is 51.2 Å². The first-order valence-corrected chi connectivity index (χ1v) is 11.8. The van der Waals surface area contributed by atoms with Gasteiger partial charge in [0, 0.05) is 12.8 Å². The van der Waals surface area contributed by atoms with E-state index in [-0.39, 0.29) is 24.5 Å². The zero-order valence-corrected chi connectivity index (χ0v) is 20.4. The number of benzene rings is 2. The topological polar surface area (TPSA) is 171 Å². The number of phenolic OH excluding ortho intramolecular Hbond substituents is 1. The zero-order valence-electron chi connectivity index (χ0n) is 20.4. The van der Waals surface area contributed by atoms with Crippen LogP contribution in [0.2, 0.25) is 0 Å². The van der Waals surface area contributed by atoms with Crippen molar-refractivity contribution >= 4 is 23.7 Å². The van der Waals surface area contributed by atoms with Gasteiger partial charge >= 0.3 is 5.97 Å². The fraction of sp³-hybridized carbons (Fsp3) is 0.385. The number of amides is 3. The number of carbonyl (C=O) groups excluding carboxylic acids is 3. The third kappa shape index (κ3) is 9.03. The summed E-state index contributed by atoms with van der Waals surface area (Å²) in [6.07, 6.45) is 0.876. The van der Waals surface area contributed by atoms with E-state index in [1.54, 1.807) is 12.1 Å². The second-order valence-electron chi connectivity index (χ2n) is 8.71. The number of aromatic hydroxyl groups is 1. The summed E-state index contributed by atoms with van der Waals surface area (Å²) in [6, 6.07) is 12.0. The SMILES string of the molecule is CCC(C)C(N)C(=O)NC(Cc1ccccc1)C(=O)NCC(=O)NC(Cc1ccc(O)cc1)C(=O)O. The van der Waals surface area contributed by atoms with Crippen LogP contribution in [0.1, 0.15) is 31.4 Å². The van der Waals surface area contributed by atoms with Crippen molar-refractivity contribution in [2.24, 2.45) is 11.7 Å². The Morgan fingerprint density at radius 2 is 1.44 bits per heavy atom. The fourth-order valence-corrected chi connectivity index (χ4v) is 3.44. The second-order valence-corrected chi connectivity index (χ2v) is 8.71. The van der Waals surface area contributed by atoms with Crippen LogP contribution in [0.4, 0.5) is 0 Å². The predicted molar refractivity (Wildman–Crippen MR) is 134 cm³/mol. The third-order valence-electron chi connectivity index (χ3n) is 5.91. The molecule has 4 atom stereocenters. The largest absolute Gasteiger partial charge is 0.508 e. The summed E-state index contributed by atoms with van der Waals surface area (Å²) < 4.78 is 0. The van der Waals surface area contributed by atoms with Crippen molar-refractivity contribution in [3.05, 3.63) is 65.7 Å². The highest BCUT2D eigenvalue weighted by Gasteiger charge is 2.27. The van der Waals surface area contributed by atoms with E-state index in [1.807, 2.05) is 44.2 Å². The standard InChI is InChI=1S/C26H34N4O6/c1-3-16(2)23(27)25(34)30-20(13-17-7-5-4-6-8-17)24(33)28-15-22(32)29-21(26(35)36)14-18-9-11-19(31)12-10-18/h4-12,16,20-21,23,31H,3,13-15,27H2,1-2H3,(H,28,33)(H,29,32)(H,30,34)(H,35,36). The molecule has 2 rings (SSSR count). The van der Waals surface area contributed by atoms with Gasteiger partial charge < -0.3 is 31.9 Å². The zero-order chi connectivity index (χ0) is 26.7. The van der Waals surface area contributed by atoms with Crippen LogP contribution < -0.4 is 21.7 Å². The van der Waals surface area contributed by atoms with Crippen LogP contribution >= 0.6 is 0 Å². The van der Waals surface area contributed by atoms with Crippen molar-refractivity contribution in [1.82, 2.24) is 16.0 Å². The number of rotatable bonds is 13. The Bertz CT molecular complexity index is 1030. The number of carboxylic acids is 1. The number of nitrogens with one attached hydrogen (secondary N) is 3. The van der Waals surface area contributed by atoms with Crippen molar-refractivity contribution in [1.29, 1.82) is 0 Å². The normalized spacial score (nSPS) is 14.1. The van der Waals surface area contributed by atoms with Gasteiger partial charge in [0.05, 0.1) is 12.6 Å². The van der Waals surface area contributed by atoms with Crippen molar-refractivity contribution < 1.29 is 29.4 Å². The molecule has 0 spiro atoms. The van der Waals surface area contributed by atoms with Gasteiger partial charge in [0.15, 0.2) is 0 Å². The van der Waals surface area contributed by atoms with E-state index in [0.717, 1.165) is 5.56 Å². The van der Waals surface area contributed by atoms with Crippen LogP contribution in [0.3, 0.4) is 0 Å². The molecule has 4 unspecified atom stereocenters.